The van der Waals surface area contributed by atoms with Crippen LogP contribution in [0, 0.1) is 5.41 Å². The lowest BCUT2D eigenvalue weighted by Crippen LogP contribution is -2.65. The second-order valence-corrected chi connectivity index (χ2v) is 6.46. The van der Waals surface area contributed by atoms with Crippen LogP contribution in [0.15, 0.2) is 0 Å². The standard InChI is InChI=1S/C12H22N2O2/c1-11(2,3)9-10(16)14(12(4,5)6)7-8(15)13-9/h9H,7H2,1-6H3,(H,13,15). The molecule has 16 heavy (non-hydrogen) atoms. The molecular formula is C12H22N2O2. The van der Waals surface area contributed by atoms with Gasteiger partial charge in [-0.15, -0.1) is 0 Å². The Labute approximate surface area is 97.4 Å². The molecule has 1 saturated heterocycles. The minimum atomic E-state index is -0.423. The number of nitrogens with one attached hydrogen (secondary N) is 1. The van der Waals surface area contributed by atoms with Crippen LogP contribution in [0.5, 0.6) is 0 Å². The molecule has 1 unspecified atom stereocenters. The Hall–Kier alpha value is -1.06. The number of rotatable bonds is 0. The average Bonchev–Trinajstić information content (AvgIpc) is 2.04. The van der Waals surface area contributed by atoms with E-state index in [4.69, 9.17) is 0 Å². The molecule has 1 aliphatic heterocycles. The topological polar surface area (TPSA) is 49.4 Å². The smallest absolute Gasteiger partial charge is 0.246 e. The zero-order valence-corrected chi connectivity index (χ0v) is 11.0. The molecule has 1 rings (SSSR count). The number of amides is 2. The van der Waals surface area contributed by atoms with E-state index in [0.717, 1.165) is 0 Å². The van der Waals surface area contributed by atoms with Crippen molar-refractivity contribution in [1.29, 1.82) is 0 Å². The number of hydrogen-bond acceptors (Lipinski definition) is 2. The van der Waals surface area contributed by atoms with Gasteiger partial charge < -0.3 is 10.2 Å². The molecule has 0 aliphatic carbocycles. The molecular weight excluding hydrogens is 204 g/mol. The number of piperazine rings is 1. The van der Waals surface area contributed by atoms with Crippen LogP contribution in [0.2, 0.25) is 0 Å². The van der Waals surface area contributed by atoms with E-state index in [1.54, 1.807) is 4.90 Å². The Bertz CT molecular complexity index is 282. The number of hydrogen-bond donors (Lipinski definition) is 1. The molecule has 0 spiro atoms. The number of carbonyl (C=O) groups excluding carboxylic acids is 2. The summed E-state index contributed by atoms with van der Waals surface area (Å²) in [6.07, 6.45) is 0. The maximum atomic E-state index is 12.3. The Balaban J connectivity index is 3.00. The molecule has 4 heteroatoms. The molecule has 2 amide bonds. The van der Waals surface area contributed by atoms with Gasteiger partial charge in [0.25, 0.3) is 0 Å². The zero-order valence-electron chi connectivity index (χ0n) is 11.0. The Morgan fingerprint density at radius 3 is 2.00 bits per heavy atom. The van der Waals surface area contributed by atoms with Crippen LogP contribution < -0.4 is 5.32 Å². The Morgan fingerprint density at radius 1 is 1.12 bits per heavy atom. The van der Waals surface area contributed by atoms with E-state index in [-0.39, 0.29) is 29.3 Å². The lowest BCUT2D eigenvalue weighted by atomic mass is 9.84. The molecule has 0 aromatic rings. The molecule has 1 heterocycles. The Kier molecular flexibility index (Phi) is 3.05. The molecule has 0 radical (unpaired) electrons. The highest BCUT2D eigenvalue weighted by atomic mass is 16.2. The first-order valence-electron chi connectivity index (χ1n) is 5.64. The summed E-state index contributed by atoms with van der Waals surface area (Å²) >= 11 is 0. The van der Waals surface area contributed by atoms with E-state index in [0.29, 0.717) is 0 Å². The van der Waals surface area contributed by atoms with E-state index in [9.17, 15) is 9.59 Å². The van der Waals surface area contributed by atoms with E-state index in [1.807, 2.05) is 41.5 Å². The van der Waals surface area contributed by atoms with Gasteiger partial charge in [0.15, 0.2) is 0 Å². The molecule has 1 N–H and O–H groups in total. The molecule has 0 aromatic carbocycles. The molecule has 0 bridgehead atoms. The van der Waals surface area contributed by atoms with Gasteiger partial charge in [0, 0.05) is 5.54 Å². The van der Waals surface area contributed by atoms with Crippen LogP contribution in [0.1, 0.15) is 41.5 Å². The van der Waals surface area contributed by atoms with Gasteiger partial charge in [-0.2, -0.15) is 0 Å². The molecule has 4 nitrogen and oxygen atoms in total. The average molecular weight is 226 g/mol. The zero-order chi connectivity index (χ0) is 12.7. The van der Waals surface area contributed by atoms with Gasteiger partial charge in [-0.05, 0) is 26.2 Å². The van der Waals surface area contributed by atoms with Crippen molar-refractivity contribution in [3.8, 4) is 0 Å². The highest BCUT2D eigenvalue weighted by molar-refractivity contribution is 5.95. The molecule has 0 saturated carbocycles. The van der Waals surface area contributed by atoms with E-state index in [1.165, 1.54) is 0 Å². The van der Waals surface area contributed by atoms with Crippen molar-refractivity contribution in [2.24, 2.45) is 5.41 Å². The maximum absolute atomic E-state index is 12.3. The van der Waals surface area contributed by atoms with Crippen LogP contribution in [0.25, 0.3) is 0 Å². The van der Waals surface area contributed by atoms with Crippen LogP contribution >= 0.6 is 0 Å². The summed E-state index contributed by atoms with van der Waals surface area (Å²) in [5, 5.41) is 2.78. The van der Waals surface area contributed by atoms with Crippen molar-refractivity contribution in [2.75, 3.05) is 6.54 Å². The summed E-state index contributed by atoms with van der Waals surface area (Å²) in [6.45, 7) is 11.9. The van der Waals surface area contributed by atoms with Gasteiger partial charge in [-0.1, -0.05) is 20.8 Å². The van der Waals surface area contributed by atoms with Crippen molar-refractivity contribution in [3.05, 3.63) is 0 Å². The monoisotopic (exact) mass is 226 g/mol. The summed E-state index contributed by atoms with van der Waals surface area (Å²) in [5.41, 5.74) is -0.561. The van der Waals surface area contributed by atoms with Gasteiger partial charge in [-0.25, -0.2) is 0 Å². The van der Waals surface area contributed by atoms with Crippen molar-refractivity contribution < 1.29 is 9.59 Å². The van der Waals surface area contributed by atoms with E-state index in [2.05, 4.69) is 5.32 Å². The first-order chi connectivity index (χ1) is 7.03. The van der Waals surface area contributed by atoms with Gasteiger partial charge in [0.2, 0.25) is 11.8 Å². The maximum Gasteiger partial charge on any atom is 0.246 e. The summed E-state index contributed by atoms with van der Waals surface area (Å²) in [5.74, 6) is -0.0611. The predicted molar refractivity (Wildman–Crippen MR) is 62.9 cm³/mol. The number of carbonyl (C=O) groups is 2. The predicted octanol–water partition coefficient (Wildman–Crippen LogP) is 1.16. The first-order valence-corrected chi connectivity index (χ1v) is 5.64. The van der Waals surface area contributed by atoms with E-state index >= 15 is 0 Å². The highest BCUT2D eigenvalue weighted by Gasteiger charge is 2.43. The van der Waals surface area contributed by atoms with Crippen LogP contribution in [-0.4, -0.2) is 34.8 Å². The van der Waals surface area contributed by atoms with Crippen molar-refractivity contribution >= 4 is 11.8 Å². The SMILES string of the molecule is CC(C)(C)C1NC(=O)CN(C(C)(C)C)C1=O. The van der Waals surface area contributed by atoms with Gasteiger partial charge in [0.05, 0.1) is 0 Å². The molecule has 1 fully saturated rings. The fraction of sp³-hybridized carbons (Fsp3) is 0.833. The summed E-state index contributed by atoms with van der Waals surface area (Å²) in [7, 11) is 0. The second-order valence-electron chi connectivity index (χ2n) is 6.46. The summed E-state index contributed by atoms with van der Waals surface area (Å²) < 4.78 is 0. The fourth-order valence-corrected chi connectivity index (χ4v) is 1.80. The van der Waals surface area contributed by atoms with Gasteiger partial charge >= 0.3 is 0 Å². The minimum absolute atomic E-state index is 0.0135. The second kappa shape index (κ2) is 3.75. The quantitative estimate of drug-likeness (QED) is 0.674. The van der Waals surface area contributed by atoms with Crippen molar-refractivity contribution in [2.45, 2.75) is 53.1 Å². The van der Waals surface area contributed by atoms with Crippen LogP contribution in [0.3, 0.4) is 0 Å². The largest absolute Gasteiger partial charge is 0.342 e. The minimum Gasteiger partial charge on any atom is -0.342 e. The van der Waals surface area contributed by atoms with Gasteiger partial charge in [-0.3, -0.25) is 9.59 Å². The van der Waals surface area contributed by atoms with Crippen molar-refractivity contribution in [1.82, 2.24) is 10.2 Å². The summed E-state index contributed by atoms with van der Waals surface area (Å²) in [6, 6.07) is -0.423. The first kappa shape index (κ1) is 13.0. The molecule has 1 atom stereocenters. The molecule has 92 valence electrons. The highest BCUT2D eigenvalue weighted by Crippen LogP contribution is 2.26. The summed E-state index contributed by atoms with van der Waals surface area (Å²) in [4.78, 5) is 25.5. The molecule has 0 aromatic heterocycles. The van der Waals surface area contributed by atoms with E-state index < -0.39 is 6.04 Å². The lowest BCUT2D eigenvalue weighted by molar-refractivity contribution is -0.152. The normalized spacial score (nSPS) is 23.4. The molecule has 1 aliphatic rings. The van der Waals surface area contributed by atoms with Crippen LogP contribution in [0.4, 0.5) is 0 Å². The van der Waals surface area contributed by atoms with Crippen molar-refractivity contribution in [3.63, 3.8) is 0 Å². The third kappa shape index (κ3) is 2.54. The Morgan fingerprint density at radius 2 is 1.62 bits per heavy atom. The lowest BCUT2D eigenvalue weighted by Gasteiger charge is -2.44. The van der Waals surface area contributed by atoms with Crippen LogP contribution in [-0.2, 0) is 9.59 Å². The van der Waals surface area contributed by atoms with Gasteiger partial charge in [0.1, 0.15) is 12.6 Å². The fourth-order valence-electron chi connectivity index (χ4n) is 1.80. The third-order valence-corrected chi connectivity index (χ3v) is 2.80. The third-order valence-electron chi connectivity index (χ3n) is 2.80. The number of nitrogens with zero attached hydrogens (tertiary/aromatic N) is 1.